The number of hydrogen-bond donors (Lipinski definition) is 1. The summed E-state index contributed by atoms with van der Waals surface area (Å²) in [6.07, 6.45) is 0. The highest BCUT2D eigenvalue weighted by Gasteiger charge is 2.35. The number of nitrogens with one attached hydrogen (secondary N) is 1. The van der Waals surface area contributed by atoms with Crippen molar-refractivity contribution in [3.63, 3.8) is 0 Å². The molecule has 0 aromatic heterocycles. The molecular formula is C17H26N2. The lowest BCUT2D eigenvalue weighted by Gasteiger charge is -2.21. The van der Waals surface area contributed by atoms with Crippen molar-refractivity contribution in [2.75, 3.05) is 26.2 Å². The van der Waals surface area contributed by atoms with E-state index in [0.29, 0.717) is 0 Å². The van der Waals surface area contributed by atoms with E-state index in [-0.39, 0.29) is 5.41 Å². The fourth-order valence-electron chi connectivity index (χ4n) is 3.45. The Kier molecular flexibility index (Phi) is 3.40. The molecule has 2 heterocycles. The largest absolute Gasteiger partial charge is 0.316 e. The predicted molar refractivity (Wildman–Crippen MR) is 80.3 cm³/mol. The van der Waals surface area contributed by atoms with Crippen molar-refractivity contribution < 1.29 is 0 Å². The zero-order valence-electron chi connectivity index (χ0n) is 12.4. The highest BCUT2D eigenvalue weighted by atomic mass is 15.2. The van der Waals surface area contributed by atoms with Crippen molar-refractivity contribution >= 4 is 0 Å². The Morgan fingerprint density at radius 3 is 2.16 bits per heavy atom. The Bertz CT molecular complexity index is 418. The van der Waals surface area contributed by atoms with E-state index in [0.717, 1.165) is 18.4 Å². The van der Waals surface area contributed by atoms with Gasteiger partial charge in [-0.2, -0.15) is 0 Å². The van der Waals surface area contributed by atoms with Crippen molar-refractivity contribution in [3.05, 3.63) is 35.4 Å². The summed E-state index contributed by atoms with van der Waals surface area (Å²) < 4.78 is 0. The first kappa shape index (κ1) is 13.1. The van der Waals surface area contributed by atoms with Gasteiger partial charge in [0.1, 0.15) is 0 Å². The van der Waals surface area contributed by atoms with Crippen molar-refractivity contribution in [2.45, 2.75) is 32.7 Å². The van der Waals surface area contributed by atoms with Gasteiger partial charge < -0.3 is 5.32 Å². The van der Waals surface area contributed by atoms with Crippen LogP contribution in [0.4, 0.5) is 0 Å². The number of nitrogens with zero attached hydrogens (tertiary/aromatic N) is 1. The summed E-state index contributed by atoms with van der Waals surface area (Å²) in [4.78, 5) is 2.63. The van der Waals surface area contributed by atoms with E-state index in [4.69, 9.17) is 0 Å². The predicted octanol–water partition coefficient (Wildman–Crippen LogP) is 2.64. The van der Waals surface area contributed by atoms with Crippen LogP contribution in [0.25, 0.3) is 0 Å². The molecule has 2 unspecified atom stereocenters. The lowest BCUT2D eigenvalue weighted by atomic mass is 9.87. The van der Waals surface area contributed by atoms with Crippen LogP contribution < -0.4 is 5.32 Å². The van der Waals surface area contributed by atoms with Crippen molar-refractivity contribution in [1.29, 1.82) is 0 Å². The Labute approximate surface area is 117 Å². The van der Waals surface area contributed by atoms with Crippen LogP contribution >= 0.6 is 0 Å². The molecule has 1 N–H and O–H groups in total. The molecule has 0 spiro atoms. The minimum atomic E-state index is 0.259. The third-order valence-electron chi connectivity index (χ3n) is 4.69. The van der Waals surface area contributed by atoms with Crippen molar-refractivity contribution in [2.24, 2.45) is 11.8 Å². The first-order valence-electron chi connectivity index (χ1n) is 7.55. The molecular weight excluding hydrogens is 232 g/mol. The summed E-state index contributed by atoms with van der Waals surface area (Å²) in [7, 11) is 0. The van der Waals surface area contributed by atoms with E-state index in [9.17, 15) is 0 Å². The first-order valence-corrected chi connectivity index (χ1v) is 7.55. The van der Waals surface area contributed by atoms with Crippen LogP contribution in [-0.2, 0) is 12.0 Å². The summed E-state index contributed by atoms with van der Waals surface area (Å²) >= 11 is 0. The zero-order valence-corrected chi connectivity index (χ0v) is 12.4. The fourth-order valence-corrected chi connectivity index (χ4v) is 3.45. The standard InChI is InChI=1S/C17H26N2/c1-17(2,3)16-6-4-13(5-7-16)10-19-11-14-8-18-9-15(14)12-19/h4-7,14-15,18H,8-12H2,1-3H3. The fraction of sp³-hybridized carbons (Fsp3) is 0.647. The monoisotopic (exact) mass is 258 g/mol. The van der Waals surface area contributed by atoms with Gasteiger partial charge in [-0.25, -0.2) is 0 Å². The number of likely N-dealkylation sites (tertiary alicyclic amines) is 1. The van der Waals surface area contributed by atoms with Crippen LogP contribution in [0.2, 0.25) is 0 Å². The summed E-state index contributed by atoms with van der Waals surface area (Å²) in [6, 6.07) is 9.22. The van der Waals surface area contributed by atoms with Gasteiger partial charge in [-0.15, -0.1) is 0 Å². The maximum Gasteiger partial charge on any atom is 0.0233 e. The highest BCUT2D eigenvalue weighted by Crippen LogP contribution is 2.28. The number of hydrogen-bond acceptors (Lipinski definition) is 2. The first-order chi connectivity index (χ1) is 9.02. The maximum absolute atomic E-state index is 3.51. The van der Waals surface area contributed by atoms with Gasteiger partial charge in [0.15, 0.2) is 0 Å². The van der Waals surface area contributed by atoms with Crippen LogP contribution in [0.15, 0.2) is 24.3 Å². The molecule has 2 aliphatic heterocycles. The third kappa shape index (κ3) is 2.85. The lowest BCUT2D eigenvalue weighted by Crippen LogP contribution is -2.25. The van der Waals surface area contributed by atoms with Crippen LogP contribution in [0.5, 0.6) is 0 Å². The number of benzene rings is 1. The van der Waals surface area contributed by atoms with Gasteiger partial charge >= 0.3 is 0 Å². The normalized spacial score (nSPS) is 27.7. The molecule has 1 aromatic carbocycles. The second kappa shape index (κ2) is 4.92. The lowest BCUT2D eigenvalue weighted by molar-refractivity contribution is 0.305. The molecule has 2 fully saturated rings. The molecule has 2 atom stereocenters. The molecule has 3 rings (SSSR count). The van der Waals surface area contributed by atoms with E-state index in [1.165, 1.54) is 37.3 Å². The topological polar surface area (TPSA) is 15.3 Å². The van der Waals surface area contributed by atoms with Gasteiger partial charge in [-0.1, -0.05) is 45.0 Å². The van der Waals surface area contributed by atoms with Crippen molar-refractivity contribution in [1.82, 2.24) is 10.2 Å². The van der Waals surface area contributed by atoms with Crippen molar-refractivity contribution in [3.8, 4) is 0 Å². The molecule has 2 heteroatoms. The zero-order chi connectivity index (χ0) is 13.5. The van der Waals surface area contributed by atoms with E-state index >= 15 is 0 Å². The Morgan fingerprint density at radius 2 is 1.63 bits per heavy atom. The van der Waals surface area contributed by atoms with Gasteiger partial charge in [0.25, 0.3) is 0 Å². The molecule has 2 nitrogen and oxygen atoms in total. The summed E-state index contributed by atoms with van der Waals surface area (Å²) in [5, 5.41) is 3.51. The molecule has 0 amide bonds. The third-order valence-corrected chi connectivity index (χ3v) is 4.69. The van der Waals surface area contributed by atoms with E-state index in [2.05, 4.69) is 55.3 Å². The molecule has 0 saturated carbocycles. The molecule has 0 bridgehead atoms. The quantitative estimate of drug-likeness (QED) is 0.877. The smallest absolute Gasteiger partial charge is 0.0233 e. The van der Waals surface area contributed by atoms with E-state index in [1.807, 2.05) is 0 Å². The SMILES string of the molecule is CC(C)(C)c1ccc(CN2CC3CNCC3C2)cc1. The van der Waals surface area contributed by atoms with Crippen LogP contribution in [0.3, 0.4) is 0 Å². The van der Waals surface area contributed by atoms with E-state index < -0.39 is 0 Å². The van der Waals surface area contributed by atoms with Gasteiger partial charge in [0.05, 0.1) is 0 Å². The number of fused-ring (bicyclic) bond motifs is 1. The van der Waals surface area contributed by atoms with Gasteiger partial charge in [-0.3, -0.25) is 4.90 Å². The molecule has 19 heavy (non-hydrogen) atoms. The Hall–Kier alpha value is -0.860. The minimum absolute atomic E-state index is 0.259. The summed E-state index contributed by atoms with van der Waals surface area (Å²) in [5.74, 6) is 1.79. The summed E-state index contributed by atoms with van der Waals surface area (Å²) in [5.41, 5.74) is 3.15. The molecule has 2 saturated heterocycles. The molecule has 104 valence electrons. The molecule has 1 aromatic rings. The Morgan fingerprint density at radius 1 is 1.05 bits per heavy atom. The highest BCUT2D eigenvalue weighted by molar-refractivity contribution is 5.27. The maximum atomic E-state index is 3.51. The molecule has 2 aliphatic rings. The second-order valence-corrected chi connectivity index (χ2v) is 7.32. The van der Waals surface area contributed by atoms with Crippen LogP contribution in [0.1, 0.15) is 31.9 Å². The van der Waals surface area contributed by atoms with Gasteiger partial charge in [-0.05, 0) is 41.5 Å². The van der Waals surface area contributed by atoms with Gasteiger partial charge in [0, 0.05) is 19.6 Å². The molecule has 0 radical (unpaired) electrons. The van der Waals surface area contributed by atoms with Gasteiger partial charge in [0.2, 0.25) is 0 Å². The summed E-state index contributed by atoms with van der Waals surface area (Å²) in [6.45, 7) is 13.0. The van der Waals surface area contributed by atoms with Crippen LogP contribution in [0, 0.1) is 11.8 Å². The molecule has 0 aliphatic carbocycles. The van der Waals surface area contributed by atoms with Crippen LogP contribution in [-0.4, -0.2) is 31.1 Å². The Balaban J connectivity index is 1.62. The average molecular weight is 258 g/mol. The number of rotatable bonds is 2. The second-order valence-electron chi connectivity index (χ2n) is 7.32. The minimum Gasteiger partial charge on any atom is -0.316 e. The average Bonchev–Trinajstić information content (AvgIpc) is 2.89. The van der Waals surface area contributed by atoms with E-state index in [1.54, 1.807) is 0 Å².